The number of carboxylic acid groups (broad SMARTS) is 1. The number of fused-ring (bicyclic) bond motifs is 3. The van der Waals surface area contributed by atoms with Crippen molar-refractivity contribution in [1.82, 2.24) is 0 Å². The third-order valence-electron chi connectivity index (χ3n) is 2.87. The number of allylic oxidation sites excluding steroid dienone is 1. The van der Waals surface area contributed by atoms with E-state index in [0.717, 1.165) is 21.7 Å². The number of benzene rings is 1. The molecule has 8 heteroatoms. The second-order valence-corrected chi connectivity index (χ2v) is 4.36. The van der Waals surface area contributed by atoms with E-state index < -0.39 is 12.1 Å². The lowest BCUT2D eigenvalue weighted by atomic mass is 10.0. The number of carboxylic acids is 1. The first-order valence-corrected chi connectivity index (χ1v) is 5.95. The van der Waals surface area contributed by atoms with E-state index >= 15 is 0 Å². The molecule has 1 aromatic rings. The van der Waals surface area contributed by atoms with Gasteiger partial charge in [0.25, 0.3) is 0 Å². The molecule has 0 amide bonds. The van der Waals surface area contributed by atoms with Crippen LogP contribution in [0.5, 0.6) is 0 Å². The summed E-state index contributed by atoms with van der Waals surface area (Å²) >= 11 is 0. The smallest absolute Gasteiger partial charge is 0.475 e. The highest BCUT2D eigenvalue weighted by Gasteiger charge is 2.38. The molecular weight excluding hydrogens is 299 g/mol. The van der Waals surface area contributed by atoms with Crippen molar-refractivity contribution in [2.24, 2.45) is 9.98 Å². The van der Waals surface area contributed by atoms with E-state index in [1.807, 2.05) is 24.5 Å². The molecule has 0 bridgehead atoms. The maximum absolute atomic E-state index is 10.6. The van der Waals surface area contributed by atoms with E-state index in [1.54, 1.807) is 6.20 Å². The lowest BCUT2D eigenvalue weighted by Gasteiger charge is -2.06. The molecule has 5 nitrogen and oxygen atoms in total. The van der Waals surface area contributed by atoms with Crippen molar-refractivity contribution in [2.45, 2.75) is 12.6 Å². The summed E-state index contributed by atoms with van der Waals surface area (Å²) in [6.07, 6.45) is 0.892. The average Bonchev–Trinajstić information content (AvgIpc) is 2.95. The number of aliphatic imine (C=N–C) groups is 1. The van der Waals surface area contributed by atoms with Gasteiger partial charge in [0.1, 0.15) is 0 Å². The van der Waals surface area contributed by atoms with E-state index in [4.69, 9.17) is 15.2 Å². The van der Waals surface area contributed by atoms with Gasteiger partial charge < -0.3 is 5.11 Å². The van der Waals surface area contributed by atoms with Crippen LogP contribution in [0.1, 0.15) is 11.1 Å². The summed E-state index contributed by atoms with van der Waals surface area (Å²) in [6.45, 7) is 0. The number of alkyl halides is 3. The molecule has 0 spiro atoms. The van der Waals surface area contributed by atoms with Crippen molar-refractivity contribution in [2.75, 3.05) is 0 Å². The Morgan fingerprint density at radius 2 is 2.00 bits per heavy atom. The van der Waals surface area contributed by atoms with Crippen molar-refractivity contribution in [3.8, 4) is 6.07 Å². The quantitative estimate of drug-likeness (QED) is 0.778. The van der Waals surface area contributed by atoms with Crippen LogP contribution < -0.4 is 10.6 Å². The zero-order valence-electron chi connectivity index (χ0n) is 10.9. The maximum Gasteiger partial charge on any atom is 0.490 e. The molecule has 0 fully saturated rings. The van der Waals surface area contributed by atoms with Gasteiger partial charge in [-0.25, -0.2) is 4.79 Å². The molecule has 22 heavy (non-hydrogen) atoms. The lowest BCUT2D eigenvalue weighted by molar-refractivity contribution is -0.192. The Morgan fingerprint density at radius 1 is 1.32 bits per heavy atom. The first-order valence-electron chi connectivity index (χ1n) is 5.95. The van der Waals surface area contributed by atoms with Crippen LogP contribution in [0.2, 0.25) is 0 Å². The van der Waals surface area contributed by atoms with Gasteiger partial charge in [-0.15, -0.1) is 0 Å². The number of nitrogens with zero attached hydrogens (tertiary/aromatic N) is 3. The van der Waals surface area contributed by atoms with Gasteiger partial charge in [0.05, 0.1) is 17.0 Å². The van der Waals surface area contributed by atoms with E-state index in [1.165, 1.54) is 0 Å². The van der Waals surface area contributed by atoms with Gasteiger partial charge >= 0.3 is 12.1 Å². The van der Waals surface area contributed by atoms with Gasteiger partial charge in [-0.2, -0.15) is 18.4 Å². The molecule has 0 aromatic heterocycles. The molecule has 0 saturated carbocycles. The summed E-state index contributed by atoms with van der Waals surface area (Å²) < 4.78 is 31.7. The molecule has 3 rings (SSSR count). The van der Waals surface area contributed by atoms with Crippen LogP contribution >= 0.6 is 0 Å². The molecule has 112 valence electrons. The van der Waals surface area contributed by atoms with Crippen molar-refractivity contribution < 1.29 is 23.1 Å². The SMILES string of the molecule is N#CC1=CN=c2c(ccc3c2=CN=C3)C1.O=C(O)C(F)(F)F. The Kier molecular flexibility index (Phi) is 4.08. The van der Waals surface area contributed by atoms with Crippen LogP contribution in [-0.2, 0) is 11.2 Å². The van der Waals surface area contributed by atoms with E-state index in [9.17, 15) is 13.2 Å². The average molecular weight is 307 g/mol. The standard InChI is InChI=1S/C12H7N3.C2HF3O2/c13-4-8-3-9-1-2-10-6-14-7-11(10)12(9)15-5-8;3-2(4,5)1(6)7/h1-2,5-7H,3H2;(H,6,7). The normalized spacial score (nSPS) is 14.2. The summed E-state index contributed by atoms with van der Waals surface area (Å²) in [5.74, 6) is -2.76. The van der Waals surface area contributed by atoms with E-state index in [-0.39, 0.29) is 0 Å². The Morgan fingerprint density at radius 3 is 2.59 bits per heavy atom. The monoisotopic (exact) mass is 307 g/mol. The summed E-state index contributed by atoms with van der Waals surface area (Å²) in [4.78, 5) is 17.3. The minimum atomic E-state index is -5.08. The van der Waals surface area contributed by atoms with Crippen molar-refractivity contribution in [3.63, 3.8) is 0 Å². The summed E-state index contributed by atoms with van der Waals surface area (Å²) in [5.41, 5.74) is 2.92. The minimum Gasteiger partial charge on any atom is -0.475 e. The van der Waals surface area contributed by atoms with Crippen LogP contribution in [0.25, 0.3) is 6.20 Å². The number of aliphatic carboxylic acids is 1. The summed E-state index contributed by atoms with van der Waals surface area (Å²) in [6, 6.07) is 6.18. The number of nitriles is 1. The third kappa shape index (κ3) is 3.20. The topological polar surface area (TPSA) is 85.8 Å². The van der Waals surface area contributed by atoms with E-state index in [0.29, 0.717) is 12.0 Å². The molecule has 0 saturated heterocycles. The zero-order valence-corrected chi connectivity index (χ0v) is 10.9. The zero-order chi connectivity index (χ0) is 16.3. The third-order valence-corrected chi connectivity index (χ3v) is 2.87. The lowest BCUT2D eigenvalue weighted by Crippen LogP contribution is -2.32. The number of halogens is 3. The molecular formula is C14H8F3N3O2. The van der Waals surface area contributed by atoms with Gasteiger partial charge in [-0.3, -0.25) is 9.98 Å². The molecule has 1 aromatic carbocycles. The second-order valence-electron chi connectivity index (χ2n) is 4.36. The van der Waals surface area contributed by atoms with E-state index in [2.05, 4.69) is 16.1 Å². The Labute approximate surface area is 122 Å². The maximum atomic E-state index is 10.6. The minimum absolute atomic E-state index is 0.677. The fourth-order valence-electron chi connectivity index (χ4n) is 1.87. The molecule has 0 radical (unpaired) electrons. The number of rotatable bonds is 0. The molecule has 1 N–H and O–H groups in total. The highest BCUT2D eigenvalue weighted by molar-refractivity contribution is 5.85. The highest BCUT2D eigenvalue weighted by atomic mass is 19.4. The molecule has 2 aliphatic rings. The second kappa shape index (κ2) is 5.81. The molecule has 2 aliphatic heterocycles. The number of hydrogen-bond donors (Lipinski definition) is 1. The first kappa shape index (κ1) is 15.4. The Hall–Kier alpha value is -2.95. The van der Waals surface area contributed by atoms with Crippen molar-refractivity contribution >= 4 is 18.4 Å². The molecule has 0 atom stereocenters. The van der Waals surface area contributed by atoms with Gasteiger partial charge in [0.15, 0.2) is 0 Å². The highest BCUT2D eigenvalue weighted by Crippen LogP contribution is 2.13. The van der Waals surface area contributed by atoms with Crippen molar-refractivity contribution in [3.05, 3.63) is 45.6 Å². The van der Waals surface area contributed by atoms with Crippen LogP contribution in [-0.4, -0.2) is 23.5 Å². The summed E-state index contributed by atoms with van der Waals surface area (Å²) in [5, 5.41) is 18.0. The van der Waals surface area contributed by atoms with Crippen LogP contribution in [0.3, 0.4) is 0 Å². The predicted molar refractivity (Wildman–Crippen MR) is 70.4 cm³/mol. The van der Waals surface area contributed by atoms with Crippen molar-refractivity contribution in [1.29, 1.82) is 5.26 Å². The molecule has 2 heterocycles. The van der Waals surface area contributed by atoms with Crippen LogP contribution in [0.4, 0.5) is 13.2 Å². The van der Waals surface area contributed by atoms with Gasteiger partial charge in [-0.05, 0) is 5.56 Å². The van der Waals surface area contributed by atoms with Crippen LogP contribution in [0.15, 0.2) is 33.9 Å². The predicted octanol–water partition coefficient (Wildman–Crippen LogP) is 1.07. The Balaban J connectivity index is 0.000000217. The largest absolute Gasteiger partial charge is 0.490 e. The Bertz CT molecular complexity index is 846. The van der Waals surface area contributed by atoms with Gasteiger partial charge in [0, 0.05) is 35.8 Å². The van der Waals surface area contributed by atoms with Gasteiger partial charge in [0.2, 0.25) is 0 Å². The first-order chi connectivity index (χ1) is 10.3. The van der Waals surface area contributed by atoms with Gasteiger partial charge in [-0.1, -0.05) is 12.1 Å². The fraction of sp³-hybridized carbons (Fsp3) is 0.143. The van der Waals surface area contributed by atoms with Crippen LogP contribution in [0, 0.1) is 11.3 Å². The molecule has 0 aliphatic carbocycles. The summed E-state index contributed by atoms with van der Waals surface area (Å²) in [7, 11) is 0. The number of carbonyl (C=O) groups is 1. The number of hydrogen-bond acceptors (Lipinski definition) is 4. The fourth-order valence-corrected chi connectivity index (χ4v) is 1.87. The molecule has 0 unspecified atom stereocenters.